The summed E-state index contributed by atoms with van der Waals surface area (Å²) in [6, 6.07) is 14.0. The van der Waals surface area contributed by atoms with Gasteiger partial charge in [0.1, 0.15) is 11.5 Å². The Morgan fingerprint density at radius 3 is 2.43 bits per heavy atom. The van der Waals surface area contributed by atoms with Gasteiger partial charge >= 0.3 is 5.97 Å². The lowest BCUT2D eigenvalue weighted by molar-refractivity contribution is -0.136. The molecule has 28 heavy (non-hydrogen) atoms. The molecule has 0 radical (unpaired) electrons. The van der Waals surface area contributed by atoms with E-state index >= 15 is 0 Å². The van der Waals surface area contributed by atoms with Crippen LogP contribution in [0.5, 0.6) is 11.5 Å². The van der Waals surface area contributed by atoms with Crippen LogP contribution in [-0.2, 0) is 17.6 Å². The van der Waals surface area contributed by atoms with Crippen molar-refractivity contribution < 1.29 is 19.4 Å². The van der Waals surface area contributed by atoms with Crippen LogP contribution in [0.15, 0.2) is 48.7 Å². The highest BCUT2D eigenvalue weighted by atomic mass is 16.5. The molecule has 0 unspecified atom stereocenters. The Labute approximate surface area is 165 Å². The number of hydrogen-bond acceptors (Lipinski definition) is 3. The third kappa shape index (κ3) is 5.52. The van der Waals surface area contributed by atoms with Crippen molar-refractivity contribution in [3.63, 3.8) is 0 Å². The highest BCUT2D eigenvalue weighted by Gasteiger charge is 2.08. The summed E-state index contributed by atoms with van der Waals surface area (Å²) in [5, 5.41) is 9.89. The van der Waals surface area contributed by atoms with E-state index in [9.17, 15) is 4.79 Å². The number of aliphatic carboxylic acids is 1. The minimum Gasteiger partial charge on any atom is -0.493 e. The van der Waals surface area contributed by atoms with Crippen LogP contribution in [0.25, 0.3) is 10.9 Å². The Kier molecular flexibility index (Phi) is 6.95. The van der Waals surface area contributed by atoms with Gasteiger partial charge in [0.2, 0.25) is 0 Å². The summed E-state index contributed by atoms with van der Waals surface area (Å²) in [4.78, 5) is 14.1. The van der Waals surface area contributed by atoms with Crippen LogP contribution in [0.1, 0.15) is 37.3 Å². The van der Waals surface area contributed by atoms with Crippen molar-refractivity contribution in [3.8, 4) is 11.5 Å². The molecule has 5 heteroatoms. The van der Waals surface area contributed by atoms with E-state index in [2.05, 4.69) is 24.0 Å². The number of unbranched alkanes of at least 4 members (excludes halogenated alkanes) is 1. The molecule has 0 aliphatic rings. The van der Waals surface area contributed by atoms with E-state index in [0.717, 1.165) is 40.8 Å². The number of rotatable bonds is 11. The van der Waals surface area contributed by atoms with Crippen LogP contribution in [0.3, 0.4) is 0 Å². The van der Waals surface area contributed by atoms with Gasteiger partial charge in [0.15, 0.2) is 0 Å². The van der Waals surface area contributed by atoms with Gasteiger partial charge in [-0.1, -0.05) is 25.5 Å². The van der Waals surface area contributed by atoms with Gasteiger partial charge in [-0.25, -0.2) is 0 Å². The molecule has 0 aliphatic carbocycles. The maximum Gasteiger partial charge on any atom is 0.307 e. The van der Waals surface area contributed by atoms with Crippen LogP contribution in [-0.4, -0.2) is 29.3 Å². The highest BCUT2D eigenvalue weighted by Crippen LogP contribution is 2.24. The van der Waals surface area contributed by atoms with Crippen molar-refractivity contribution in [2.75, 3.05) is 13.2 Å². The lowest BCUT2D eigenvalue weighted by Gasteiger charge is -2.09. The van der Waals surface area contributed by atoms with Crippen LogP contribution >= 0.6 is 0 Å². The van der Waals surface area contributed by atoms with Crippen LogP contribution < -0.4 is 9.47 Å². The fraction of sp³-hybridized carbons (Fsp3) is 0.348. The molecule has 148 valence electrons. The molecule has 0 fully saturated rings. The second kappa shape index (κ2) is 9.83. The molecule has 0 saturated carbocycles. The second-order valence-corrected chi connectivity index (χ2v) is 6.89. The third-order valence-corrected chi connectivity index (χ3v) is 4.65. The monoisotopic (exact) mass is 381 g/mol. The number of fused-ring (bicyclic) bond motifs is 1. The smallest absolute Gasteiger partial charge is 0.307 e. The molecule has 0 amide bonds. The molecule has 0 bridgehead atoms. The molecule has 5 nitrogen and oxygen atoms in total. The summed E-state index contributed by atoms with van der Waals surface area (Å²) in [6.45, 7) is 3.33. The van der Waals surface area contributed by atoms with Gasteiger partial charge in [-0.2, -0.15) is 0 Å². The van der Waals surface area contributed by atoms with Crippen molar-refractivity contribution in [2.24, 2.45) is 0 Å². The topological polar surface area (TPSA) is 71.5 Å². The Balaban J connectivity index is 1.44. The van der Waals surface area contributed by atoms with E-state index in [1.165, 1.54) is 18.4 Å². The van der Waals surface area contributed by atoms with Gasteiger partial charge in [0, 0.05) is 23.5 Å². The lowest BCUT2D eigenvalue weighted by Crippen LogP contribution is -2.05. The van der Waals surface area contributed by atoms with Crippen molar-refractivity contribution in [3.05, 3.63) is 59.8 Å². The first-order chi connectivity index (χ1) is 13.7. The van der Waals surface area contributed by atoms with Crippen molar-refractivity contribution >= 4 is 16.9 Å². The van der Waals surface area contributed by atoms with E-state index in [1.54, 1.807) is 6.20 Å². The summed E-state index contributed by atoms with van der Waals surface area (Å²) >= 11 is 0. The average Bonchev–Trinajstić information content (AvgIpc) is 3.08. The van der Waals surface area contributed by atoms with E-state index in [0.29, 0.717) is 13.2 Å². The molecule has 1 aromatic heterocycles. The third-order valence-electron chi connectivity index (χ3n) is 4.65. The molecule has 2 aromatic carbocycles. The Bertz CT molecular complexity index is 899. The van der Waals surface area contributed by atoms with Gasteiger partial charge in [-0.05, 0) is 54.3 Å². The lowest BCUT2D eigenvalue weighted by atomic mass is 10.1. The number of aromatic nitrogens is 1. The zero-order valence-corrected chi connectivity index (χ0v) is 16.2. The summed E-state index contributed by atoms with van der Waals surface area (Å²) in [5.41, 5.74) is 3.02. The van der Waals surface area contributed by atoms with Crippen LogP contribution in [0.4, 0.5) is 0 Å². The maximum atomic E-state index is 11.0. The summed E-state index contributed by atoms with van der Waals surface area (Å²) in [6.07, 6.45) is 6.04. The maximum absolute atomic E-state index is 11.0. The van der Waals surface area contributed by atoms with Crippen LogP contribution in [0, 0.1) is 0 Å². The van der Waals surface area contributed by atoms with Gasteiger partial charge in [0.25, 0.3) is 0 Å². The largest absolute Gasteiger partial charge is 0.493 e. The highest BCUT2D eigenvalue weighted by molar-refractivity contribution is 5.87. The zero-order chi connectivity index (χ0) is 19.8. The molecule has 2 N–H and O–H groups in total. The molecule has 0 spiro atoms. The molecule has 3 rings (SSSR count). The molecular weight excluding hydrogens is 354 g/mol. The van der Waals surface area contributed by atoms with E-state index in [-0.39, 0.29) is 6.42 Å². The Morgan fingerprint density at radius 1 is 1.00 bits per heavy atom. The number of H-pyrrole nitrogens is 1. The number of benzene rings is 2. The van der Waals surface area contributed by atoms with E-state index in [1.807, 2.05) is 30.3 Å². The number of aromatic amines is 1. The van der Waals surface area contributed by atoms with Gasteiger partial charge in [-0.15, -0.1) is 0 Å². The van der Waals surface area contributed by atoms with Crippen LogP contribution in [0.2, 0.25) is 0 Å². The predicted molar refractivity (Wildman–Crippen MR) is 110 cm³/mol. The minimum atomic E-state index is -0.845. The SMILES string of the molecule is CCCCc1ccc(OCCCOc2ccc3[nH]cc(CC(=O)O)c3c2)cc1. The van der Waals surface area contributed by atoms with Crippen molar-refractivity contribution in [1.82, 2.24) is 4.98 Å². The van der Waals surface area contributed by atoms with Gasteiger partial charge in [0.05, 0.1) is 19.6 Å². The first kappa shape index (κ1) is 19.8. The number of carboxylic acids is 1. The Morgan fingerprint density at radius 2 is 1.71 bits per heavy atom. The first-order valence-electron chi connectivity index (χ1n) is 9.82. The molecule has 0 atom stereocenters. The standard InChI is InChI=1S/C23H27NO4/c1-2-3-5-17-6-8-19(9-7-17)27-12-4-13-28-20-10-11-22-21(15-20)18(16-24-22)14-23(25)26/h6-11,15-16,24H,2-5,12-14H2,1H3,(H,25,26). The normalized spacial score (nSPS) is 10.9. The average molecular weight is 381 g/mol. The zero-order valence-electron chi connectivity index (χ0n) is 16.2. The number of carboxylic acid groups (broad SMARTS) is 1. The van der Waals surface area contributed by atoms with E-state index < -0.39 is 5.97 Å². The summed E-state index contributed by atoms with van der Waals surface area (Å²) < 4.78 is 11.6. The fourth-order valence-electron chi connectivity index (χ4n) is 3.13. The molecule has 3 aromatic rings. The molecule has 1 heterocycles. The van der Waals surface area contributed by atoms with Gasteiger partial charge in [-0.3, -0.25) is 4.79 Å². The molecular formula is C23H27NO4. The number of ether oxygens (including phenoxy) is 2. The second-order valence-electron chi connectivity index (χ2n) is 6.89. The summed E-state index contributed by atoms with van der Waals surface area (Å²) in [7, 11) is 0. The van der Waals surface area contributed by atoms with Crippen molar-refractivity contribution in [1.29, 1.82) is 0 Å². The predicted octanol–water partition coefficient (Wildman–Crippen LogP) is 4.99. The molecule has 0 aliphatic heterocycles. The number of carbonyl (C=O) groups is 1. The number of nitrogens with one attached hydrogen (secondary N) is 1. The van der Waals surface area contributed by atoms with Gasteiger partial charge < -0.3 is 19.6 Å². The minimum absolute atomic E-state index is 0.00543. The number of hydrogen-bond donors (Lipinski definition) is 2. The quantitative estimate of drug-likeness (QED) is 0.459. The van der Waals surface area contributed by atoms with Crippen molar-refractivity contribution in [2.45, 2.75) is 39.0 Å². The fourth-order valence-corrected chi connectivity index (χ4v) is 3.13. The van der Waals surface area contributed by atoms with E-state index in [4.69, 9.17) is 14.6 Å². The summed E-state index contributed by atoms with van der Waals surface area (Å²) in [5.74, 6) is 0.772. The number of aryl methyl sites for hydroxylation is 1. The molecule has 0 saturated heterocycles. The Hall–Kier alpha value is -2.95. The first-order valence-corrected chi connectivity index (χ1v) is 9.82.